The molecule has 4 nitrogen and oxygen atoms in total. The van der Waals surface area contributed by atoms with Crippen molar-refractivity contribution in [2.45, 2.75) is 19.3 Å². The molecule has 0 spiro atoms. The predicted molar refractivity (Wildman–Crippen MR) is 59.3 cm³/mol. The topological polar surface area (TPSA) is 74.6 Å². The van der Waals surface area contributed by atoms with Gasteiger partial charge in [0, 0.05) is 4.88 Å². The molecule has 6 heteroatoms. The first-order valence-corrected chi connectivity index (χ1v) is 7.03. The van der Waals surface area contributed by atoms with E-state index < -0.39 is 25.0 Å². The summed E-state index contributed by atoms with van der Waals surface area (Å²) < 4.78 is 10.7. The molecule has 0 atom stereocenters. The summed E-state index contributed by atoms with van der Waals surface area (Å²) in [4.78, 5) is 30.0. The van der Waals surface area contributed by atoms with Crippen LogP contribution in [0.25, 0.3) is 0 Å². The van der Waals surface area contributed by atoms with Gasteiger partial charge in [0.1, 0.15) is 6.16 Å². The van der Waals surface area contributed by atoms with Crippen molar-refractivity contribution >= 4 is 24.7 Å². The van der Waals surface area contributed by atoms with Crippen LogP contribution in [0.2, 0.25) is 0 Å². The van der Waals surface area contributed by atoms with Crippen LogP contribution in [-0.4, -0.2) is 21.7 Å². The Labute approximate surface area is 92.1 Å². The molecule has 0 unspecified atom stereocenters. The summed E-state index contributed by atoms with van der Waals surface area (Å²) in [5.41, 5.74) is -0.824. The van der Waals surface area contributed by atoms with E-state index in [1.54, 1.807) is 19.9 Å². The van der Waals surface area contributed by atoms with Gasteiger partial charge < -0.3 is 9.79 Å². The molecular weight excluding hydrogens is 235 g/mol. The van der Waals surface area contributed by atoms with Crippen molar-refractivity contribution in [3.05, 3.63) is 22.4 Å². The van der Waals surface area contributed by atoms with Crippen molar-refractivity contribution in [3.63, 3.8) is 0 Å². The van der Waals surface area contributed by atoms with Crippen molar-refractivity contribution in [3.8, 4) is 0 Å². The van der Waals surface area contributed by atoms with Gasteiger partial charge in [-0.3, -0.25) is 9.36 Å². The molecule has 1 aromatic heterocycles. The molecule has 0 radical (unpaired) electrons. The minimum atomic E-state index is -4.26. The van der Waals surface area contributed by atoms with Crippen molar-refractivity contribution < 1.29 is 19.1 Å². The summed E-state index contributed by atoms with van der Waals surface area (Å²) in [5, 5.41) is 1.84. The van der Waals surface area contributed by atoms with Crippen molar-refractivity contribution in [2.75, 3.05) is 6.16 Å². The Hall–Kier alpha value is -0.480. The maximum Gasteiger partial charge on any atom is 0.332 e. The third-order valence-electron chi connectivity index (χ3n) is 2.18. The highest BCUT2D eigenvalue weighted by molar-refractivity contribution is 7.52. The highest BCUT2D eigenvalue weighted by Crippen LogP contribution is 2.38. The molecule has 1 heterocycles. The van der Waals surface area contributed by atoms with Gasteiger partial charge in [0.15, 0.2) is 5.78 Å². The van der Waals surface area contributed by atoms with E-state index in [4.69, 9.17) is 9.79 Å². The lowest BCUT2D eigenvalue weighted by molar-refractivity contribution is -0.121. The summed E-state index contributed by atoms with van der Waals surface area (Å²) >= 11 is 1.41. The fourth-order valence-electron chi connectivity index (χ4n) is 1.16. The van der Waals surface area contributed by atoms with E-state index >= 15 is 0 Å². The summed E-state index contributed by atoms with van der Waals surface area (Å²) in [6.45, 7) is 3.35. The Bertz CT molecular complexity index is 390. The Morgan fingerprint density at radius 1 is 1.53 bits per heavy atom. The monoisotopic (exact) mass is 248 g/mol. The van der Waals surface area contributed by atoms with Gasteiger partial charge in [-0.2, -0.15) is 0 Å². The van der Waals surface area contributed by atoms with Gasteiger partial charge in [-0.25, -0.2) is 0 Å². The number of carbonyl (C=O) groups is 1. The largest absolute Gasteiger partial charge is 0.332 e. The van der Waals surface area contributed by atoms with Crippen LogP contribution >= 0.6 is 18.9 Å². The predicted octanol–water partition coefficient (Wildman–Crippen LogP) is 1.77. The molecule has 0 aromatic carbocycles. The number of hydrogen-bond acceptors (Lipinski definition) is 3. The second-order valence-corrected chi connectivity index (χ2v) is 6.44. The fourth-order valence-corrected chi connectivity index (χ4v) is 2.80. The van der Waals surface area contributed by atoms with E-state index in [9.17, 15) is 9.36 Å². The maximum absolute atomic E-state index is 11.7. The number of carbonyl (C=O) groups excluding carboxylic acids is 1. The Morgan fingerprint density at radius 2 is 2.13 bits per heavy atom. The van der Waals surface area contributed by atoms with Gasteiger partial charge in [0.05, 0.1) is 5.41 Å². The second kappa shape index (κ2) is 4.18. The van der Waals surface area contributed by atoms with Gasteiger partial charge in [0.2, 0.25) is 0 Å². The first-order chi connectivity index (χ1) is 6.73. The summed E-state index contributed by atoms with van der Waals surface area (Å²) in [5.74, 6) is -0.432. The van der Waals surface area contributed by atoms with Crippen molar-refractivity contribution in [2.24, 2.45) is 0 Å². The highest BCUT2D eigenvalue weighted by atomic mass is 32.1. The lowest BCUT2D eigenvalue weighted by Gasteiger charge is -2.21. The lowest BCUT2D eigenvalue weighted by Crippen LogP contribution is -2.30. The molecule has 15 heavy (non-hydrogen) atoms. The van der Waals surface area contributed by atoms with Gasteiger partial charge in [-0.15, -0.1) is 11.3 Å². The average molecular weight is 248 g/mol. The molecule has 0 aliphatic rings. The van der Waals surface area contributed by atoms with E-state index in [-0.39, 0.29) is 0 Å². The third kappa shape index (κ3) is 3.24. The van der Waals surface area contributed by atoms with Crippen molar-refractivity contribution in [1.82, 2.24) is 0 Å². The smallest absolute Gasteiger partial charge is 0.324 e. The number of Topliss-reactive ketones (excluding diaryl/α,β-unsaturated/α-hetero) is 1. The molecule has 0 amide bonds. The normalized spacial score (nSPS) is 12.8. The number of hydrogen-bond donors (Lipinski definition) is 2. The van der Waals surface area contributed by atoms with Crippen LogP contribution in [0.4, 0.5) is 0 Å². The first-order valence-electron chi connectivity index (χ1n) is 4.35. The number of rotatable bonds is 4. The quantitative estimate of drug-likeness (QED) is 0.796. The first kappa shape index (κ1) is 12.6. The average Bonchev–Trinajstić information content (AvgIpc) is 2.52. The van der Waals surface area contributed by atoms with Gasteiger partial charge >= 0.3 is 7.60 Å². The van der Waals surface area contributed by atoms with E-state index in [1.165, 1.54) is 11.3 Å². The van der Waals surface area contributed by atoms with Gasteiger partial charge in [0.25, 0.3) is 0 Å². The minimum absolute atomic E-state index is 0.432. The van der Waals surface area contributed by atoms with E-state index in [0.717, 1.165) is 4.88 Å². The summed E-state index contributed by atoms with van der Waals surface area (Å²) in [7, 11) is -4.26. The summed E-state index contributed by atoms with van der Waals surface area (Å²) in [6.07, 6.45) is -0.697. The molecule has 0 aliphatic heterocycles. The summed E-state index contributed by atoms with van der Waals surface area (Å²) in [6, 6.07) is 3.61. The molecule has 0 aliphatic carbocycles. The van der Waals surface area contributed by atoms with E-state index in [0.29, 0.717) is 0 Å². The van der Waals surface area contributed by atoms with Crippen LogP contribution in [0.3, 0.4) is 0 Å². The third-order valence-corrected chi connectivity index (χ3v) is 4.08. The Kier molecular flexibility index (Phi) is 3.51. The lowest BCUT2D eigenvalue weighted by atomic mass is 9.87. The Balaban J connectivity index is 2.88. The number of ketones is 1. The molecule has 1 rings (SSSR count). The fraction of sp³-hybridized carbons (Fsp3) is 0.444. The molecule has 84 valence electrons. The zero-order valence-corrected chi connectivity index (χ0v) is 10.2. The van der Waals surface area contributed by atoms with E-state index in [1.807, 2.05) is 11.4 Å². The maximum atomic E-state index is 11.7. The van der Waals surface area contributed by atoms with Crippen LogP contribution in [0, 0.1) is 0 Å². The molecule has 2 N–H and O–H groups in total. The van der Waals surface area contributed by atoms with Crippen LogP contribution in [0.1, 0.15) is 18.7 Å². The van der Waals surface area contributed by atoms with Gasteiger partial charge in [-0.1, -0.05) is 6.07 Å². The number of thiophene rings is 1. The van der Waals surface area contributed by atoms with Gasteiger partial charge in [-0.05, 0) is 25.3 Å². The molecular formula is C9H13O4PS. The van der Waals surface area contributed by atoms with Crippen LogP contribution in [0.15, 0.2) is 17.5 Å². The van der Waals surface area contributed by atoms with Crippen molar-refractivity contribution in [1.29, 1.82) is 0 Å². The minimum Gasteiger partial charge on any atom is -0.324 e. The van der Waals surface area contributed by atoms with Crippen LogP contribution < -0.4 is 0 Å². The molecule has 1 aromatic rings. The SMILES string of the molecule is CC(C)(C(=O)CP(=O)(O)O)c1cccs1. The molecule has 0 fully saturated rings. The standard InChI is InChI=1S/C9H13O4PS/c1-9(2,8-4-3-5-15-8)7(10)6-14(11,12)13/h3-5H,6H2,1-2H3,(H2,11,12,13). The van der Waals surface area contributed by atoms with Crippen LogP contribution in [0.5, 0.6) is 0 Å². The molecule has 0 saturated carbocycles. The molecule has 0 saturated heterocycles. The highest BCUT2D eigenvalue weighted by Gasteiger charge is 2.34. The Morgan fingerprint density at radius 3 is 2.53 bits per heavy atom. The second-order valence-electron chi connectivity index (χ2n) is 3.85. The van der Waals surface area contributed by atoms with E-state index in [2.05, 4.69) is 0 Å². The molecule has 0 bridgehead atoms. The van der Waals surface area contributed by atoms with Crippen LogP contribution in [-0.2, 0) is 14.8 Å². The zero-order valence-electron chi connectivity index (χ0n) is 8.51. The zero-order chi connectivity index (χ0) is 11.7.